The Hall–Kier alpha value is -2.54. The molecule has 0 heterocycles. The number of rotatable bonds is 4. The highest BCUT2D eigenvalue weighted by molar-refractivity contribution is 7.92. The quantitative estimate of drug-likeness (QED) is 0.769. The van der Waals surface area contributed by atoms with Crippen molar-refractivity contribution in [1.82, 2.24) is 0 Å². The van der Waals surface area contributed by atoms with E-state index in [1.54, 1.807) is 24.3 Å². The van der Waals surface area contributed by atoms with E-state index in [1.807, 2.05) is 24.3 Å². The van der Waals surface area contributed by atoms with Crippen LogP contribution in [0.25, 0.3) is 0 Å². The van der Waals surface area contributed by atoms with Crippen LogP contribution in [-0.4, -0.2) is 20.7 Å². The molecule has 0 aliphatic carbocycles. The summed E-state index contributed by atoms with van der Waals surface area (Å²) in [5.41, 5.74) is 2.94. The van der Waals surface area contributed by atoms with Gasteiger partial charge in [-0.2, -0.15) is 0 Å². The molecule has 0 saturated heterocycles. The van der Waals surface area contributed by atoms with E-state index in [-0.39, 0.29) is 11.4 Å². The highest BCUT2D eigenvalue weighted by Gasteiger charge is 2.13. The maximum Gasteiger partial charge on any atom is 0.323 e. The lowest BCUT2D eigenvalue weighted by Gasteiger charge is -2.19. The van der Waals surface area contributed by atoms with Crippen LogP contribution in [0.2, 0.25) is 0 Å². The lowest BCUT2D eigenvalue weighted by molar-refractivity contribution is 0.262. The van der Waals surface area contributed by atoms with Crippen molar-refractivity contribution >= 4 is 33.1 Å². The Balaban J connectivity index is 1.96. The normalized spacial score (nSPS) is 11.7. The molecule has 0 radical (unpaired) electrons. The second kappa shape index (κ2) is 7.14. The minimum absolute atomic E-state index is 0.0581. The third-order valence-corrected chi connectivity index (χ3v) is 4.06. The van der Waals surface area contributed by atoms with E-state index < -0.39 is 10.0 Å². The van der Waals surface area contributed by atoms with Gasteiger partial charge in [0.05, 0.1) is 6.26 Å². The van der Waals surface area contributed by atoms with Crippen LogP contribution in [0.4, 0.5) is 21.9 Å². The predicted molar refractivity (Wildman–Crippen MR) is 103 cm³/mol. The van der Waals surface area contributed by atoms with E-state index in [2.05, 4.69) is 36.1 Å². The largest absolute Gasteiger partial charge is 0.323 e. The molecule has 0 spiro atoms. The number of nitrogens with one attached hydrogen (secondary N) is 3. The molecule has 0 aliphatic rings. The zero-order valence-corrected chi connectivity index (χ0v) is 15.6. The number of carbonyl (C=O) groups is 1. The lowest BCUT2D eigenvalue weighted by atomic mass is 9.87. The molecule has 3 N–H and O–H groups in total. The average Bonchev–Trinajstić information content (AvgIpc) is 2.47. The summed E-state index contributed by atoms with van der Waals surface area (Å²) in [6.07, 6.45) is 1.08. The van der Waals surface area contributed by atoms with Crippen molar-refractivity contribution in [3.05, 3.63) is 54.1 Å². The second-order valence-electron chi connectivity index (χ2n) is 6.86. The predicted octanol–water partition coefficient (Wildman–Crippen LogP) is 4.00. The van der Waals surface area contributed by atoms with Crippen molar-refractivity contribution in [3.8, 4) is 0 Å². The number of hydrogen-bond acceptors (Lipinski definition) is 3. The van der Waals surface area contributed by atoms with Gasteiger partial charge in [0.1, 0.15) is 0 Å². The Morgan fingerprint density at radius 1 is 0.800 bits per heavy atom. The molecule has 0 aliphatic heterocycles. The van der Waals surface area contributed by atoms with Gasteiger partial charge in [0.15, 0.2) is 0 Å². The van der Waals surface area contributed by atoms with Gasteiger partial charge in [-0.3, -0.25) is 4.72 Å². The highest BCUT2D eigenvalue weighted by Crippen LogP contribution is 2.23. The number of benzene rings is 2. The third-order valence-electron chi connectivity index (χ3n) is 3.45. The molecular formula is C18H23N3O3S. The van der Waals surface area contributed by atoms with Crippen LogP contribution in [0.15, 0.2) is 48.5 Å². The van der Waals surface area contributed by atoms with Crippen LogP contribution in [0.1, 0.15) is 26.3 Å². The van der Waals surface area contributed by atoms with Crippen LogP contribution in [0.5, 0.6) is 0 Å². The maximum absolute atomic E-state index is 12.0. The minimum atomic E-state index is -3.32. The maximum atomic E-state index is 12.0. The molecule has 2 rings (SSSR count). The molecule has 0 atom stereocenters. The molecule has 0 saturated carbocycles. The van der Waals surface area contributed by atoms with Gasteiger partial charge < -0.3 is 10.6 Å². The molecule has 0 aromatic heterocycles. The van der Waals surface area contributed by atoms with Crippen molar-refractivity contribution < 1.29 is 13.2 Å². The molecule has 0 fully saturated rings. The summed E-state index contributed by atoms with van der Waals surface area (Å²) in [5, 5.41) is 5.46. The Morgan fingerprint density at radius 3 is 1.60 bits per heavy atom. The zero-order valence-electron chi connectivity index (χ0n) is 14.8. The monoisotopic (exact) mass is 361 g/mol. The van der Waals surface area contributed by atoms with Gasteiger partial charge in [-0.25, -0.2) is 13.2 Å². The van der Waals surface area contributed by atoms with Crippen LogP contribution >= 0.6 is 0 Å². The molecule has 2 aromatic carbocycles. The van der Waals surface area contributed by atoms with E-state index in [0.717, 1.165) is 6.26 Å². The Labute approximate surface area is 148 Å². The van der Waals surface area contributed by atoms with Crippen molar-refractivity contribution in [2.75, 3.05) is 21.6 Å². The first-order valence-corrected chi connectivity index (χ1v) is 9.68. The molecule has 0 unspecified atom stereocenters. The van der Waals surface area contributed by atoms with E-state index in [0.29, 0.717) is 17.1 Å². The second-order valence-corrected chi connectivity index (χ2v) is 8.61. The van der Waals surface area contributed by atoms with E-state index in [1.165, 1.54) is 5.56 Å². The fourth-order valence-corrected chi connectivity index (χ4v) is 2.75. The number of urea groups is 1. The van der Waals surface area contributed by atoms with Gasteiger partial charge in [0.2, 0.25) is 10.0 Å². The van der Waals surface area contributed by atoms with E-state index >= 15 is 0 Å². The van der Waals surface area contributed by atoms with Crippen molar-refractivity contribution in [2.45, 2.75) is 26.2 Å². The Bertz CT molecular complexity index is 837. The third kappa shape index (κ3) is 6.11. The van der Waals surface area contributed by atoms with Crippen LogP contribution in [-0.2, 0) is 15.4 Å². The van der Waals surface area contributed by atoms with Crippen LogP contribution in [0, 0.1) is 0 Å². The fourth-order valence-electron chi connectivity index (χ4n) is 2.18. The fraction of sp³-hybridized carbons (Fsp3) is 0.278. The first-order valence-electron chi connectivity index (χ1n) is 7.79. The summed E-state index contributed by atoms with van der Waals surface area (Å²) in [6.45, 7) is 6.39. The smallest absolute Gasteiger partial charge is 0.308 e. The van der Waals surface area contributed by atoms with Crippen molar-refractivity contribution in [1.29, 1.82) is 0 Å². The molecule has 0 bridgehead atoms. The average molecular weight is 361 g/mol. The number of hydrogen-bond donors (Lipinski definition) is 3. The van der Waals surface area contributed by atoms with Gasteiger partial charge in [-0.05, 0) is 47.4 Å². The molecule has 25 heavy (non-hydrogen) atoms. The SMILES string of the molecule is CC(C)(C)c1ccc(NC(=O)Nc2ccc(NS(C)(=O)=O)cc2)cc1. The standard InChI is InChI=1S/C18H23N3O3S/c1-18(2,3)13-5-7-14(8-6-13)19-17(22)20-15-9-11-16(12-10-15)21-25(4,23)24/h5-12,21H,1-4H3,(H2,19,20,22). The van der Waals surface area contributed by atoms with Crippen molar-refractivity contribution in [3.63, 3.8) is 0 Å². The van der Waals surface area contributed by atoms with E-state index in [4.69, 9.17) is 0 Å². The van der Waals surface area contributed by atoms with Gasteiger partial charge >= 0.3 is 6.03 Å². The Kier molecular flexibility index (Phi) is 5.37. The summed E-state index contributed by atoms with van der Waals surface area (Å²) in [4.78, 5) is 12.0. The first-order chi connectivity index (χ1) is 11.5. The highest BCUT2D eigenvalue weighted by atomic mass is 32.2. The Morgan fingerprint density at radius 2 is 1.20 bits per heavy atom. The molecule has 7 heteroatoms. The summed E-state index contributed by atoms with van der Waals surface area (Å²) in [5.74, 6) is 0. The summed E-state index contributed by atoms with van der Waals surface area (Å²) in [6, 6.07) is 13.7. The summed E-state index contributed by atoms with van der Waals surface area (Å²) >= 11 is 0. The summed E-state index contributed by atoms with van der Waals surface area (Å²) in [7, 11) is -3.32. The van der Waals surface area contributed by atoms with Gasteiger partial charge in [0.25, 0.3) is 0 Å². The molecule has 134 valence electrons. The van der Waals surface area contributed by atoms with Gasteiger partial charge in [-0.15, -0.1) is 0 Å². The summed E-state index contributed by atoms with van der Waals surface area (Å²) < 4.78 is 24.7. The number of sulfonamides is 1. The van der Waals surface area contributed by atoms with Crippen LogP contribution in [0.3, 0.4) is 0 Å². The molecule has 2 amide bonds. The van der Waals surface area contributed by atoms with Gasteiger partial charge in [-0.1, -0.05) is 32.9 Å². The minimum Gasteiger partial charge on any atom is -0.308 e. The van der Waals surface area contributed by atoms with E-state index in [9.17, 15) is 13.2 Å². The number of amides is 2. The first kappa shape index (κ1) is 18.8. The van der Waals surface area contributed by atoms with Crippen LogP contribution < -0.4 is 15.4 Å². The topological polar surface area (TPSA) is 87.3 Å². The molecular weight excluding hydrogens is 338 g/mol. The van der Waals surface area contributed by atoms with Crippen molar-refractivity contribution in [2.24, 2.45) is 0 Å². The molecule has 2 aromatic rings. The lowest BCUT2D eigenvalue weighted by Crippen LogP contribution is -2.19. The number of carbonyl (C=O) groups excluding carboxylic acids is 1. The number of anilines is 3. The zero-order chi connectivity index (χ0) is 18.7. The molecule has 6 nitrogen and oxygen atoms in total. The van der Waals surface area contributed by atoms with Gasteiger partial charge in [0, 0.05) is 17.1 Å².